The standard InChI is InChI=1S/C21H30F3N3O3/c1-15-3-4-17(11-19(15)27-6-5-18(13-27)14-28)12-25-7-9-26(10-8-25)20(29)30-16(2)21(22,23)24/h3-4,11,16,18,28H,5-10,12-14H2,1-2H3. The molecule has 0 spiro atoms. The molecule has 30 heavy (non-hydrogen) atoms. The van der Waals surface area contributed by atoms with Crippen LogP contribution in [-0.4, -0.2) is 79.2 Å². The van der Waals surface area contributed by atoms with Gasteiger partial charge in [-0.25, -0.2) is 4.79 Å². The monoisotopic (exact) mass is 429 g/mol. The Kier molecular flexibility index (Phi) is 7.13. The van der Waals surface area contributed by atoms with Gasteiger partial charge in [0.15, 0.2) is 6.10 Å². The highest BCUT2D eigenvalue weighted by molar-refractivity contribution is 5.68. The molecule has 6 nitrogen and oxygen atoms in total. The molecular formula is C21H30F3N3O3. The highest BCUT2D eigenvalue weighted by atomic mass is 19.4. The summed E-state index contributed by atoms with van der Waals surface area (Å²) in [7, 11) is 0. The number of amides is 1. The maximum absolute atomic E-state index is 12.6. The first-order chi connectivity index (χ1) is 14.2. The van der Waals surface area contributed by atoms with Gasteiger partial charge in [-0.2, -0.15) is 13.2 Å². The molecule has 2 atom stereocenters. The van der Waals surface area contributed by atoms with E-state index in [2.05, 4.69) is 39.7 Å². The molecule has 2 heterocycles. The van der Waals surface area contributed by atoms with Crippen molar-refractivity contribution >= 4 is 11.8 Å². The molecule has 0 radical (unpaired) electrons. The van der Waals surface area contributed by atoms with E-state index >= 15 is 0 Å². The Hall–Kier alpha value is -2.00. The Bertz CT molecular complexity index is 736. The zero-order valence-electron chi connectivity index (χ0n) is 17.5. The van der Waals surface area contributed by atoms with Crippen LogP contribution in [0, 0.1) is 12.8 Å². The summed E-state index contributed by atoms with van der Waals surface area (Å²) in [5, 5.41) is 9.39. The quantitative estimate of drug-likeness (QED) is 0.780. The molecule has 2 aliphatic heterocycles. The number of alkyl halides is 3. The lowest BCUT2D eigenvalue weighted by atomic mass is 10.1. The Balaban J connectivity index is 1.53. The summed E-state index contributed by atoms with van der Waals surface area (Å²) in [6.45, 7) is 7.48. The van der Waals surface area contributed by atoms with Crippen LogP contribution in [0.4, 0.5) is 23.7 Å². The number of piperazine rings is 1. The summed E-state index contributed by atoms with van der Waals surface area (Å²) in [4.78, 5) is 17.8. The van der Waals surface area contributed by atoms with Crippen molar-refractivity contribution in [2.75, 3.05) is 50.8 Å². The number of nitrogens with zero attached hydrogens (tertiary/aromatic N) is 3. The summed E-state index contributed by atoms with van der Waals surface area (Å²) < 4.78 is 42.3. The van der Waals surface area contributed by atoms with E-state index in [1.54, 1.807) is 0 Å². The molecule has 3 rings (SSSR count). The number of hydrogen-bond donors (Lipinski definition) is 1. The van der Waals surface area contributed by atoms with Gasteiger partial charge in [-0.15, -0.1) is 0 Å². The lowest BCUT2D eigenvalue weighted by Crippen LogP contribution is -2.49. The fraction of sp³-hybridized carbons (Fsp3) is 0.667. The minimum Gasteiger partial charge on any atom is -0.437 e. The normalized spacial score (nSPS) is 21.7. The van der Waals surface area contributed by atoms with Crippen LogP contribution >= 0.6 is 0 Å². The Morgan fingerprint density at radius 1 is 1.23 bits per heavy atom. The van der Waals surface area contributed by atoms with Gasteiger partial charge in [0, 0.05) is 64.0 Å². The van der Waals surface area contributed by atoms with Gasteiger partial charge in [0.05, 0.1) is 0 Å². The van der Waals surface area contributed by atoms with Crippen molar-refractivity contribution in [1.82, 2.24) is 9.80 Å². The van der Waals surface area contributed by atoms with E-state index in [0.717, 1.165) is 32.0 Å². The third-order valence-corrected chi connectivity index (χ3v) is 5.93. The number of hydrogen-bond acceptors (Lipinski definition) is 5. The van der Waals surface area contributed by atoms with E-state index in [9.17, 15) is 23.1 Å². The first kappa shape index (κ1) is 22.7. The average Bonchev–Trinajstić information content (AvgIpc) is 3.18. The van der Waals surface area contributed by atoms with E-state index < -0.39 is 18.4 Å². The number of benzene rings is 1. The van der Waals surface area contributed by atoms with Crippen LogP contribution in [0.25, 0.3) is 0 Å². The van der Waals surface area contributed by atoms with Gasteiger partial charge in [-0.1, -0.05) is 12.1 Å². The zero-order chi connectivity index (χ0) is 21.9. The van der Waals surface area contributed by atoms with Gasteiger partial charge in [0.25, 0.3) is 0 Å². The maximum atomic E-state index is 12.6. The van der Waals surface area contributed by atoms with E-state index in [-0.39, 0.29) is 6.61 Å². The average molecular weight is 429 g/mol. The largest absolute Gasteiger partial charge is 0.437 e. The first-order valence-corrected chi connectivity index (χ1v) is 10.4. The second kappa shape index (κ2) is 9.43. The first-order valence-electron chi connectivity index (χ1n) is 10.4. The third-order valence-electron chi connectivity index (χ3n) is 5.93. The minimum absolute atomic E-state index is 0.212. The van der Waals surface area contributed by atoms with Crippen LogP contribution in [-0.2, 0) is 11.3 Å². The number of carbonyl (C=O) groups excluding carboxylic acids is 1. The molecule has 9 heteroatoms. The molecule has 2 saturated heterocycles. The van der Waals surface area contributed by atoms with Gasteiger partial charge in [-0.3, -0.25) is 4.90 Å². The van der Waals surface area contributed by atoms with Crippen molar-refractivity contribution < 1.29 is 27.8 Å². The van der Waals surface area contributed by atoms with Crippen LogP contribution in [0.2, 0.25) is 0 Å². The fourth-order valence-electron chi connectivity index (χ4n) is 3.93. The van der Waals surface area contributed by atoms with E-state index in [4.69, 9.17) is 0 Å². The molecule has 0 aromatic heterocycles. The van der Waals surface area contributed by atoms with Crippen LogP contribution in [0.1, 0.15) is 24.5 Å². The lowest BCUT2D eigenvalue weighted by molar-refractivity contribution is -0.200. The molecular weight excluding hydrogens is 399 g/mol. The zero-order valence-corrected chi connectivity index (χ0v) is 17.5. The number of anilines is 1. The molecule has 0 bridgehead atoms. The fourth-order valence-corrected chi connectivity index (χ4v) is 3.93. The molecule has 2 fully saturated rings. The number of ether oxygens (including phenoxy) is 1. The number of aryl methyl sites for hydroxylation is 1. The Morgan fingerprint density at radius 3 is 2.53 bits per heavy atom. The molecule has 0 saturated carbocycles. The maximum Gasteiger partial charge on any atom is 0.425 e. The predicted octanol–water partition coefficient (Wildman–Crippen LogP) is 3.02. The highest BCUT2D eigenvalue weighted by Crippen LogP contribution is 2.28. The van der Waals surface area contributed by atoms with Crippen molar-refractivity contribution in [3.63, 3.8) is 0 Å². The highest BCUT2D eigenvalue weighted by Gasteiger charge is 2.40. The summed E-state index contributed by atoms with van der Waals surface area (Å²) in [5.74, 6) is 0.320. The molecule has 1 aromatic carbocycles. The van der Waals surface area contributed by atoms with Gasteiger partial charge < -0.3 is 19.6 Å². The van der Waals surface area contributed by atoms with Crippen LogP contribution < -0.4 is 4.90 Å². The molecule has 168 valence electrons. The van der Waals surface area contributed by atoms with Crippen molar-refractivity contribution in [1.29, 1.82) is 0 Å². The van der Waals surface area contributed by atoms with Crippen LogP contribution in [0.3, 0.4) is 0 Å². The second-order valence-corrected chi connectivity index (χ2v) is 8.23. The molecule has 1 aromatic rings. The van der Waals surface area contributed by atoms with Gasteiger partial charge in [-0.05, 0) is 37.5 Å². The molecule has 1 N–H and O–H groups in total. The SMILES string of the molecule is Cc1ccc(CN2CCN(C(=O)OC(C)C(F)(F)F)CC2)cc1N1CCC(CO)C1. The summed E-state index contributed by atoms with van der Waals surface area (Å²) in [6.07, 6.45) is -6.58. The van der Waals surface area contributed by atoms with E-state index in [0.29, 0.717) is 38.6 Å². The summed E-state index contributed by atoms with van der Waals surface area (Å²) in [5.41, 5.74) is 3.54. The smallest absolute Gasteiger partial charge is 0.425 e. The molecule has 1 amide bonds. The Labute approximate surface area is 175 Å². The van der Waals surface area contributed by atoms with Crippen molar-refractivity contribution in [3.8, 4) is 0 Å². The number of rotatable bonds is 5. The van der Waals surface area contributed by atoms with Gasteiger partial charge in [0.2, 0.25) is 0 Å². The number of aliphatic hydroxyl groups is 1. The van der Waals surface area contributed by atoms with E-state index in [1.807, 2.05) is 0 Å². The summed E-state index contributed by atoms with van der Waals surface area (Å²) in [6, 6.07) is 6.37. The number of aliphatic hydroxyl groups excluding tert-OH is 1. The number of halogens is 3. The van der Waals surface area contributed by atoms with Crippen molar-refractivity contribution in [2.24, 2.45) is 5.92 Å². The van der Waals surface area contributed by atoms with Crippen molar-refractivity contribution in [3.05, 3.63) is 29.3 Å². The molecule has 2 unspecified atom stereocenters. The summed E-state index contributed by atoms with van der Waals surface area (Å²) >= 11 is 0. The van der Waals surface area contributed by atoms with Crippen LogP contribution in [0.15, 0.2) is 18.2 Å². The Morgan fingerprint density at radius 2 is 1.93 bits per heavy atom. The minimum atomic E-state index is -4.55. The molecule has 0 aliphatic carbocycles. The van der Waals surface area contributed by atoms with Crippen LogP contribution in [0.5, 0.6) is 0 Å². The third kappa shape index (κ3) is 5.57. The van der Waals surface area contributed by atoms with Gasteiger partial charge in [0.1, 0.15) is 0 Å². The van der Waals surface area contributed by atoms with Gasteiger partial charge >= 0.3 is 12.3 Å². The predicted molar refractivity (Wildman–Crippen MR) is 107 cm³/mol. The molecule has 2 aliphatic rings. The second-order valence-electron chi connectivity index (χ2n) is 8.23. The topological polar surface area (TPSA) is 56.2 Å². The lowest BCUT2D eigenvalue weighted by Gasteiger charge is -2.35. The van der Waals surface area contributed by atoms with Crippen molar-refractivity contribution in [2.45, 2.75) is 39.1 Å². The number of carbonyl (C=O) groups is 1. The van der Waals surface area contributed by atoms with E-state index in [1.165, 1.54) is 16.2 Å².